The van der Waals surface area contributed by atoms with E-state index in [4.69, 9.17) is 9.47 Å². The normalized spacial score (nSPS) is 10.2. The minimum atomic E-state index is -0.0891. The van der Waals surface area contributed by atoms with Gasteiger partial charge in [0.05, 0.1) is 13.7 Å². The Labute approximate surface area is 150 Å². The number of rotatable bonds is 7. The molecule has 5 heteroatoms. The van der Waals surface area contributed by atoms with Crippen molar-refractivity contribution in [1.82, 2.24) is 5.32 Å². The number of methoxy groups -OCH3 is 1. The van der Waals surface area contributed by atoms with Crippen molar-refractivity contribution in [2.24, 2.45) is 0 Å². The molecule has 0 spiro atoms. The Morgan fingerprint density at radius 1 is 1.17 bits per heavy atom. The number of carbonyl (C=O) groups is 1. The number of hydrogen-bond donors (Lipinski definition) is 1. The van der Waals surface area contributed by atoms with Crippen molar-refractivity contribution in [1.29, 1.82) is 0 Å². The predicted molar refractivity (Wildman–Crippen MR) is 99.1 cm³/mol. The fraction of sp³-hybridized carbons (Fsp3) is 0.278. The minimum Gasteiger partial charge on any atom is -0.493 e. The highest BCUT2D eigenvalue weighted by Crippen LogP contribution is 2.28. The molecular weight excluding hydrogens is 405 g/mol. The van der Waals surface area contributed by atoms with E-state index in [2.05, 4.69) is 34.8 Å². The van der Waals surface area contributed by atoms with Crippen molar-refractivity contribution in [3.05, 3.63) is 57.2 Å². The second-order valence-electron chi connectivity index (χ2n) is 5.03. The first kappa shape index (κ1) is 17.6. The fourth-order valence-electron chi connectivity index (χ4n) is 2.07. The molecule has 0 saturated heterocycles. The van der Waals surface area contributed by atoms with E-state index in [0.29, 0.717) is 24.5 Å². The van der Waals surface area contributed by atoms with Gasteiger partial charge in [0.2, 0.25) is 0 Å². The molecule has 23 heavy (non-hydrogen) atoms. The first-order valence-corrected chi connectivity index (χ1v) is 8.55. The molecule has 2 aromatic rings. The summed E-state index contributed by atoms with van der Waals surface area (Å²) in [6, 6.07) is 13.2. The van der Waals surface area contributed by atoms with Crippen LogP contribution in [0.15, 0.2) is 42.5 Å². The number of ether oxygens (including phenoxy) is 2. The predicted octanol–water partition coefficient (Wildman–Crippen LogP) is 4.02. The smallest absolute Gasteiger partial charge is 0.251 e. The zero-order chi connectivity index (χ0) is 16.7. The molecule has 0 aromatic heterocycles. The van der Waals surface area contributed by atoms with Crippen LogP contribution in [0.3, 0.4) is 0 Å². The van der Waals surface area contributed by atoms with Crippen LogP contribution in [0.1, 0.15) is 29.3 Å². The van der Waals surface area contributed by atoms with Gasteiger partial charge in [-0.15, -0.1) is 0 Å². The highest BCUT2D eigenvalue weighted by Gasteiger charge is 2.08. The summed E-state index contributed by atoms with van der Waals surface area (Å²) < 4.78 is 12.0. The summed E-state index contributed by atoms with van der Waals surface area (Å²) in [7, 11) is 1.61. The zero-order valence-electron chi connectivity index (χ0n) is 13.3. The molecule has 1 amide bonds. The van der Waals surface area contributed by atoms with Crippen LogP contribution in [0, 0.1) is 3.57 Å². The molecule has 0 aliphatic rings. The maximum absolute atomic E-state index is 12.2. The van der Waals surface area contributed by atoms with Crippen molar-refractivity contribution in [3.63, 3.8) is 0 Å². The molecule has 0 radical (unpaired) electrons. The molecule has 0 unspecified atom stereocenters. The standard InChI is InChI=1S/C18H20INO3/c1-3-9-23-16-8-7-13(10-17(16)22-2)12-20-18(21)14-5-4-6-15(19)11-14/h4-8,10-11H,3,9,12H2,1-2H3,(H,20,21). The Balaban J connectivity index is 2.01. The first-order chi connectivity index (χ1) is 11.1. The molecule has 1 N–H and O–H groups in total. The van der Waals surface area contributed by atoms with Crippen LogP contribution in [0.5, 0.6) is 11.5 Å². The molecule has 2 rings (SSSR count). The molecular formula is C18H20INO3. The zero-order valence-corrected chi connectivity index (χ0v) is 15.4. The average Bonchev–Trinajstić information content (AvgIpc) is 2.58. The highest BCUT2D eigenvalue weighted by molar-refractivity contribution is 14.1. The van der Waals surface area contributed by atoms with Crippen molar-refractivity contribution in [3.8, 4) is 11.5 Å². The lowest BCUT2D eigenvalue weighted by Crippen LogP contribution is -2.22. The number of hydrogen-bond acceptors (Lipinski definition) is 3. The molecule has 122 valence electrons. The number of nitrogens with one attached hydrogen (secondary N) is 1. The van der Waals surface area contributed by atoms with Gasteiger partial charge in [0.1, 0.15) is 0 Å². The Morgan fingerprint density at radius 2 is 2.00 bits per heavy atom. The SMILES string of the molecule is CCCOc1ccc(CNC(=O)c2cccc(I)c2)cc1OC. The van der Waals surface area contributed by atoms with Crippen LogP contribution in [0.25, 0.3) is 0 Å². The van der Waals surface area contributed by atoms with E-state index >= 15 is 0 Å². The van der Waals surface area contributed by atoms with Gasteiger partial charge in [0, 0.05) is 15.7 Å². The number of halogens is 1. The Morgan fingerprint density at radius 3 is 2.70 bits per heavy atom. The van der Waals surface area contributed by atoms with Crippen LogP contribution in [0.4, 0.5) is 0 Å². The third kappa shape index (κ3) is 5.13. The molecule has 0 aliphatic carbocycles. The first-order valence-electron chi connectivity index (χ1n) is 7.47. The van der Waals surface area contributed by atoms with E-state index in [0.717, 1.165) is 21.3 Å². The summed E-state index contributed by atoms with van der Waals surface area (Å²) in [5, 5.41) is 2.92. The molecule has 0 aliphatic heterocycles. The van der Waals surface area contributed by atoms with Crippen LogP contribution in [-0.2, 0) is 6.54 Å². The van der Waals surface area contributed by atoms with Gasteiger partial charge in [-0.25, -0.2) is 0 Å². The lowest BCUT2D eigenvalue weighted by molar-refractivity contribution is 0.0951. The van der Waals surface area contributed by atoms with Gasteiger partial charge in [-0.3, -0.25) is 4.79 Å². The van der Waals surface area contributed by atoms with Gasteiger partial charge in [-0.1, -0.05) is 19.1 Å². The minimum absolute atomic E-state index is 0.0891. The van der Waals surface area contributed by atoms with Crippen LogP contribution >= 0.6 is 22.6 Å². The summed E-state index contributed by atoms with van der Waals surface area (Å²) in [6.07, 6.45) is 0.941. The number of benzene rings is 2. The van der Waals surface area contributed by atoms with Crippen molar-refractivity contribution < 1.29 is 14.3 Å². The van der Waals surface area contributed by atoms with Gasteiger partial charge < -0.3 is 14.8 Å². The quantitative estimate of drug-likeness (QED) is 0.682. The molecule has 0 heterocycles. The topological polar surface area (TPSA) is 47.6 Å². The largest absolute Gasteiger partial charge is 0.493 e. The van der Waals surface area contributed by atoms with E-state index in [1.165, 1.54) is 0 Å². The van der Waals surface area contributed by atoms with Crippen LogP contribution in [-0.4, -0.2) is 19.6 Å². The molecule has 0 saturated carbocycles. The third-order valence-corrected chi connectivity index (χ3v) is 3.90. The molecule has 0 fully saturated rings. The van der Waals surface area contributed by atoms with Crippen LogP contribution < -0.4 is 14.8 Å². The molecule has 0 atom stereocenters. The highest BCUT2D eigenvalue weighted by atomic mass is 127. The molecule has 2 aromatic carbocycles. The Kier molecular flexibility index (Phi) is 6.70. The van der Waals surface area contributed by atoms with E-state index in [1.807, 2.05) is 36.4 Å². The lowest BCUT2D eigenvalue weighted by atomic mass is 10.1. The number of amides is 1. The van der Waals surface area contributed by atoms with E-state index in [9.17, 15) is 4.79 Å². The van der Waals surface area contributed by atoms with Gasteiger partial charge in [0.25, 0.3) is 5.91 Å². The van der Waals surface area contributed by atoms with Gasteiger partial charge in [-0.2, -0.15) is 0 Å². The third-order valence-electron chi connectivity index (χ3n) is 3.23. The summed E-state index contributed by atoms with van der Waals surface area (Å²) in [5.74, 6) is 1.32. The van der Waals surface area contributed by atoms with Crippen LogP contribution in [0.2, 0.25) is 0 Å². The van der Waals surface area contributed by atoms with Crippen molar-refractivity contribution in [2.45, 2.75) is 19.9 Å². The summed E-state index contributed by atoms with van der Waals surface area (Å²) in [4.78, 5) is 12.2. The Bertz CT molecular complexity index is 673. The monoisotopic (exact) mass is 425 g/mol. The average molecular weight is 425 g/mol. The maximum Gasteiger partial charge on any atom is 0.251 e. The Hall–Kier alpha value is -1.76. The number of carbonyl (C=O) groups excluding carboxylic acids is 1. The van der Waals surface area contributed by atoms with E-state index < -0.39 is 0 Å². The van der Waals surface area contributed by atoms with Gasteiger partial charge in [-0.05, 0) is 64.9 Å². The van der Waals surface area contributed by atoms with Gasteiger partial charge >= 0.3 is 0 Å². The van der Waals surface area contributed by atoms with Gasteiger partial charge in [0.15, 0.2) is 11.5 Å². The van der Waals surface area contributed by atoms with E-state index in [-0.39, 0.29) is 5.91 Å². The maximum atomic E-state index is 12.2. The summed E-state index contributed by atoms with van der Waals surface area (Å²) in [5.41, 5.74) is 1.62. The second kappa shape index (κ2) is 8.76. The van der Waals surface area contributed by atoms with Crippen molar-refractivity contribution >= 4 is 28.5 Å². The van der Waals surface area contributed by atoms with E-state index in [1.54, 1.807) is 13.2 Å². The summed E-state index contributed by atoms with van der Waals surface area (Å²) in [6.45, 7) is 3.15. The van der Waals surface area contributed by atoms with Crippen molar-refractivity contribution in [2.75, 3.05) is 13.7 Å². The molecule has 4 nitrogen and oxygen atoms in total. The second-order valence-corrected chi connectivity index (χ2v) is 6.27. The fourth-order valence-corrected chi connectivity index (χ4v) is 2.61. The summed E-state index contributed by atoms with van der Waals surface area (Å²) >= 11 is 2.19. The molecule has 0 bridgehead atoms. The lowest BCUT2D eigenvalue weighted by Gasteiger charge is -2.12.